The second-order valence-corrected chi connectivity index (χ2v) is 8.15. The lowest BCUT2D eigenvalue weighted by atomic mass is 10.1. The Labute approximate surface area is 185 Å². The molecule has 1 atom stereocenters. The number of rotatable bonds is 5. The Hall–Kier alpha value is -2.58. The number of anilines is 2. The van der Waals surface area contributed by atoms with Crippen LogP contribution < -0.4 is 10.2 Å². The predicted octanol–water partition coefficient (Wildman–Crippen LogP) is 3.50. The van der Waals surface area contributed by atoms with Crippen molar-refractivity contribution >= 4 is 46.6 Å². The van der Waals surface area contributed by atoms with Crippen molar-refractivity contribution in [3.63, 3.8) is 0 Å². The highest BCUT2D eigenvalue weighted by atomic mass is 35.5. The maximum atomic E-state index is 13.0. The first-order valence-electron chi connectivity index (χ1n) is 9.52. The summed E-state index contributed by atoms with van der Waals surface area (Å²) < 4.78 is 0. The molecule has 0 aliphatic carbocycles. The third kappa shape index (κ3) is 4.94. The molecule has 2 heterocycles. The zero-order chi connectivity index (χ0) is 21.8. The molecule has 2 aromatic rings. The van der Waals surface area contributed by atoms with E-state index in [1.165, 1.54) is 6.33 Å². The van der Waals surface area contributed by atoms with Crippen LogP contribution in [0.2, 0.25) is 10.2 Å². The van der Waals surface area contributed by atoms with Crippen LogP contribution in [0.5, 0.6) is 0 Å². The number of amides is 3. The number of nitrogens with one attached hydrogen (secondary N) is 1. The highest BCUT2D eigenvalue weighted by Crippen LogP contribution is 2.29. The number of benzene rings is 1. The molecule has 0 radical (unpaired) electrons. The molecule has 30 heavy (non-hydrogen) atoms. The molecular formula is C20H24Cl2N6O2. The smallest absolute Gasteiger partial charge is 0.322 e. The van der Waals surface area contributed by atoms with Crippen LogP contribution in [0.1, 0.15) is 18.4 Å². The summed E-state index contributed by atoms with van der Waals surface area (Å²) in [7, 11) is 5.32. The van der Waals surface area contributed by atoms with Crippen molar-refractivity contribution in [1.82, 2.24) is 19.8 Å². The van der Waals surface area contributed by atoms with Crippen LogP contribution in [-0.4, -0.2) is 65.4 Å². The molecule has 3 rings (SSSR count). The average molecular weight is 451 g/mol. The molecular weight excluding hydrogens is 427 g/mol. The fraction of sp³-hybridized carbons (Fsp3) is 0.400. The minimum Gasteiger partial charge on any atom is -0.361 e. The van der Waals surface area contributed by atoms with Gasteiger partial charge in [0.2, 0.25) is 5.91 Å². The number of nitrogens with zero attached hydrogens (tertiary/aromatic N) is 5. The fourth-order valence-electron chi connectivity index (χ4n) is 3.44. The van der Waals surface area contributed by atoms with Gasteiger partial charge in [-0.3, -0.25) is 4.79 Å². The number of aromatic nitrogens is 2. The lowest BCUT2D eigenvalue weighted by molar-refractivity contribution is -0.134. The lowest BCUT2D eigenvalue weighted by Gasteiger charge is -2.28. The Balaban J connectivity index is 1.71. The van der Waals surface area contributed by atoms with Crippen molar-refractivity contribution in [2.75, 3.05) is 37.9 Å². The first-order valence-corrected chi connectivity index (χ1v) is 10.3. The molecule has 1 fully saturated rings. The monoisotopic (exact) mass is 450 g/mol. The van der Waals surface area contributed by atoms with Gasteiger partial charge in [0.15, 0.2) is 11.0 Å². The van der Waals surface area contributed by atoms with Gasteiger partial charge < -0.3 is 20.0 Å². The van der Waals surface area contributed by atoms with Crippen LogP contribution >= 0.6 is 23.2 Å². The second-order valence-electron chi connectivity index (χ2n) is 7.36. The fourth-order valence-corrected chi connectivity index (χ4v) is 3.74. The predicted molar refractivity (Wildman–Crippen MR) is 118 cm³/mol. The largest absolute Gasteiger partial charge is 0.361 e. The van der Waals surface area contributed by atoms with E-state index in [0.29, 0.717) is 36.0 Å². The first kappa shape index (κ1) is 22.1. The number of urea groups is 1. The summed E-state index contributed by atoms with van der Waals surface area (Å²) in [5.74, 6) is 0.381. The van der Waals surface area contributed by atoms with Gasteiger partial charge in [-0.2, -0.15) is 0 Å². The van der Waals surface area contributed by atoms with Gasteiger partial charge in [-0.25, -0.2) is 14.8 Å². The van der Waals surface area contributed by atoms with E-state index < -0.39 is 12.1 Å². The number of hydrogen-bond acceptors (Lipinski definition) is 5. The number of hydrogen-bond donors (Lipinski definition) is 1. The van der Waals surface area contributed by atoms with Crippen LogP contribution in [0.15, 0.2) is 30.6 Å². The summed E-state index contributed by atoms with van der Waals surface area (Å²) in [5.41, 5.74) is 1.29. The molecule has 0 bridgehead atoms. The molecule has 10 heteroatoms. The number of carbonyl (C=O) groups excluding carboxylic acids is 2. The van der Waals surface area contributed by atoms with Crippen LogP contribution in [0.4, 0.5) is 16.3 Å². The molecule has 8 nitrogen and oxygen atoms in total. The van der Waals surface area contributed by atoms with Crippen molar-refractivity contribution in [1.29, 1.82) is 0 Å². The highest BCUT2D eigenvalue weighted by Gasteiger charge is 2.36. The Kier molecular flexibility index (Phi) is 6.99. The quantitative estimate of drug-likeness (QED) is 0.704. The van der Waals surface area contributed by atoms with E-state index in [9.17, 15) is 9.59 Å². The number of carbonyl (C=O) groups is 2. The standard InChI is InChI=1S/C20H24Cl2N6O2/c1-26(2)18-16(17(22)23-12-24-18)25-20(30)28-10-4-5-15(28)19(29)27(3)11-13-6-8-14(21)9-7-13/h6-9,12,15H,4-5,10-11H2,1-3H3,(H,25,30)/t15-/m1/s1. The van der Waals surface area contributed by atoms with Crippen molar-refractivity contribution < 1.29 is 9.59 Å². The molecule has 1 N–H and O–H groups in total. The maximum absolute atomic E-state index is 13.0. The molecule has 1 aromatic carbocycles. The Morgan fingerprint density at radius 1 is 1.17 bits per heavy atom. The van der Waals surface area contributed by atoms with Crippen LogP contribution in [0, 0.1) is 0 Å². The molecule has 1 aliphatic rings. The average Bonchev–Trinajstić information content (AvgIpc) is 3.20. The summed E-state index contributed by atoms with van der Waals surface area (Å²) in [6.07, 6.45) is 2.69. The zero-order valence-electron chi connectivity index (χ0n) is 17.1. The van der Waals surface area contributed by atoms with Gasteiger partial charge in [0.05, 0.1) is 0 Å². The van der Waals surface area contributed by atoms with E-state index in [4.69, 9.17) is 23.2 Å². The zero-order valence-corrected chi connectivity index (χ0v) is 18.6. The third-order valence-corrected chi connectivity index (χ3v) is 5.48. The van der Waals surface area contributed by atoms with Crippen molar-refractivity contribution in [3.8, 4) is 0 Å². The van der Waals surface area contributed by atoms with Gasteiger partial charge in [-0.1, -0.05) is 35.3 Å². The van der Waals surface area contributed by atoms with E-state index in [-0.39, 0.29) is 11.1 Å². The van der Waals surface area contributed by atoms with Crippen molar-refractivity contribution in [2.45, 2.75) is 25.4 Å². The normalized spacial score (nSPS) is 15.8. The van der Waals surface area contributed by atoms with E-state index in [0.717, 1.165) is 12.0 Å². The summed E-state index contributed by atoms with van der Waals surface area (Å²) in [6.45, 7) is 0.921. The molecule has 0 spiro atoms. The van der Waals surface area contributed by atoms with E-state index in [1.807, 2.05) is 12.1 Å². The summed E-state index contributed by atoms with van der Waals surface area (Å²) >= 11 is 12.1. The van der Waals surface area contributed by atoms with Crippen molar-refractivity contribution in [2.24, 2.45) is 0 Å². The van der Waals surface area contributed by atoms with Gasteiger partial charge in [-0.15, -0.1) is 0 Å². The van der Waals surface area contributed by atoms with E-state index in [1.54, 1.807) is 48.0 Å². The Morgan fingerprint density at radius 3 is 2.53 bits per heavy atom. The molecule has 1 aromatic heterocycles. The summed E-state index contributed by atoms with van der Waals surface area (Å²) in [5, 5.41) is 3.57. The summed E-state index contributed by atoms with van der Waals surface area (Å²) in [6, 6.07) is 6.41. The lowest BCUT2D eigenvalue weighted by Crippen LogP contribution is -2.47. The van der Waals surface area contributed by atoms with Gasteiger partial charge >= 0.3 is 6.03 Å². The van der Waals surface area contributed by atoms with Gasteiger partial charge in [-0.05, 0) is 30.5 Å². The van der Waals surface area contributed by atoms with Gasteiger partial charge in [0.1, 0.15) is 18.1 Å². The first-order chi connectivity index (χ1) is 14.3. The summed E-state index contributed by atoms with van der Waals surface area (Å²) in [4.78, 5) is 39.0. The van der Waals surface area contributed by atoms with Crippen molar-refractivity contribution in [3.05, 3.63) is 46.3 Å². The second kappa shape index (κ2) is 9.49. The SMILES string of the molecule is CN(Cc1ccc(Cl)cc1)C(=O)[C@H]1CCCN1C(=O)Nc1c(Cl)ncnc1N(C)C. The maximum Gasteiger partial charge on any atom is 0.322 e. The molecule has 0 saturated carbocycles. The van der Waals surface area contributed by atoms with E-state index >= 15 is 0 Å². The van der Waals surface area contributed by atoms with E-state index in [2.05, 4.69) is 15.3 Å². The topological polar surface area (TPSA) is 81.7 Å². The molecule has 160 valence electrons. The number of likely N-dealkylation sites (tertiary alicyclic amines) is 1. The number of halogens is 2. The highest BCUT2D eigenvalue weighted by molar-refractivity contribution is 6.33. The molecule has 3 amide bonds. The number of likely N-dealkylation sites (N-methyl/N-ethyl adjacent to an activating group) is 1. The van der Waals surface area contributed by atoms with Crippen LogP contribution in [0.3, 0.4) is 0 Å². The molecule has 1 aliphatic heterocycles. The van der Waals surface area contributed by atoms with Crippen LogP contribution in [0.25, 0.3) is 0 Å². The van der Waals surface area contributed by atoms with Gasteiger partial charge in [0, 0.05) is 39.3 Å². The third-order valence-electron chi connectivity index (χ3n) is 4.94. The Morgan fingerprint density at radius 2 is 1.87 bits per heavy atom. The molecule has 1 saturated heterocycles. The Bertz CT molecular complexity index is 922. The minimum atomic E-state index is -0.534. The minimum absolute atomic E-state index is 0.110. The van der Waals surface area contributed by atoms with Gasteiger partial charge in [0.25, 0.3) is 0 Å². The molecule has 0 unspecified atom stereocenters. The van der Waals surface area contributed by atoms with Crippen LogP contribution in [-0.2, 0) is 11.3 Å².